The number of allylic oxidation sites excluding steroid dienone is 1. The van der Waals surface area contributed by atoms with Crippen molar-refractivity contribution in [2.45, 2.75) is 113 Å². The van der Waals surface area contributed by atoms with E-state index in [1.54, 1.807) is 37.3 Å². The van der Waals surface area contributed by atoms with Crippen molar-refractivity contribution in [2.24, 2.45) is 17.8 Å². The van der Waals surface area contributed by atoms with Crippen molar-refractivity contribution in [2.75, 3.05) is 20.3 Å². The average Bonchev–Trinajstić information content (AvgIpc) is 4.06. The smallest absolute Gasteiger partial charge is 0.427 e. The Morgan fingerprint density at radius 3 is 2.49 bits per heavy atom. The molecule has 0 radical (unpaired) electrons. The summed E-state index contributed by atoms with van der Waals surface area (Å²) in [6.07, 6.45) is -1.29. The Labute approximate surface area is 344 Å². The van der Waals surface area contributed by atoms with Gasteiger partial charge in [-0.25, -0.2) is 22.6 Å². The molecule has 4 amide bonds. The van der Waals surface area contributed by atoms with E-state index in [9.17, 15) is 45.2 Å². The summed E-state index contributed by atoms with van der Waals surface area (Å²) in [5, 5.41) is 6.31. The maximum atomic E-state index is 14.7. The molecule has 0 spiro atoms. The summed E-state index contributed by atoms with van der Waals surface area (Å²) in [6, 6.07) is 2.08. The van der Waals surface area contributed by atoms with Crippen LogP contribution in [0.3, 0.4) is 0 Å². The van der Waals surface area contributed by atoms with E-state index >= 15 is 0 Å². The highest BCUT2D eigenvalue weighted by atomic mass is 35.5. The zero-order valence-electron chi connectivity index (χ0n) is 33.2. The van der Waals surface area contributed by atoms with Crippen molar-refractivity contribution in [1.82, 2.24) is 25.2 Å². The highest BCUT2D eigenvalue weighted by molar-refractivity contribution is 7.91. The zero-order valence-corrected chi connectivity index (χ0v) is 34.7. The van der Waals surface area contributed by atoms with Gasteiger partial charge in [0.05, 0.1) is 24.9 Å². The molecule has 20 heteroatoms. The molecule has 2 saturated carbocycles. The molecule has 2 unspecified atom stereocenters. The van der Waals surface area contributed by atoms with Crippen LogP contribution in [0.2, 0.25) is 5.02 Å². The molecule has 3 fully saturated rings. The van der Waals surface area contributed by atoms with E-state index in [-0.39, 0.29) is 44.0 Å². The Bertz CT molecular complexity index is 2140. The van der Waals surface area contributed by atoms with Gasteiger partial charge >= 0.3 is 12.3 Å². The number of benzene rings is 1. The summed E-state index contributed by atoms with van der Waals surface area (Å²) in [5.41, 5.74) is -4.70. The number of fused-ring (bicyclic) bond motifs is 3. The van der Waals surface area contributed by atoms with E-state index < -0.39 is 92.6 Å². The number of carbonyl (C=O) groups excluding carboxylic acids is 4. The van der Waals surface area contributed by atoms with Crippen LogP contribution in [0, 0.1) is 17.8 Å². The van der Waals surface area contributed by atoms with Crippen molar-refractivity contribution >= 4 is 56.2 Å². The Morgan fingerprint density at radius 1 is 1.14 bits per heavy atom. The molecule has 14 nitrogen and oxygen atoms in total. The number of halogens is 5. The van der Waals surface area contributed by atoms with Crippen molar-refractivity contribution in [3.05, 3.63) is 41.6 Å². The van der Waals surface area contributed by atoms with Crippen molar-refractivity contribution < 1.29 is 59.4 Å². The molecule has 1 saturated heterocycles. The van der Waals surface area contributed by atoms with E-state index in [2.05, 4.69) is 15.6 Å². The first-order valence-corrected chi connectivity index (χ1v) is 21.2. The fourth-order valence-electron chi connectivity index (χ4n) is 7.81. The average molecular weight is 874 g/mol. The number of methoxy groups -OCH3 is 1. The molecule has 3 heterocycles. The van der Waals surface area contributed by atoms with Crippen LogP contribution in [-0.4, -0.2) is 103 Å². The third-order valence-electron chi connectivity index (χ3n) is 11.9. The van der Waals surface area contributed by atoms with E-state index in [1.165, 1.54) is 13.3 Å². The molecule has 4 aliphatic rings. The van der Waals surface area contributed by atoms with Crippen LogP contribution in [0.5, 0.6) is 11.6 Å². The quantitative estimate of drug-likeness (QED) is 0.215. The first-order chi connectivity index (χ1) is 27.6. The number of sulfonamides is 1. The number of nitrogens with one attached hydrogen (secondary N) is 3. The predicted octanol–water partition coefficient (Wildman–Crippen LogP) is 5.52. The molecule has 2 aliphatic heterocycles. The van der Waals surface area contributed by atoms with E-state index in [1.807, 2.05) is 11.6 Å². The first kappa shape index (κ1) is 44.2. The summed E-state index contributed by atoms with van der Waals surface area (Å²) < 4.78 is 98.2. The van der Waals surface area contributed by atoms with Gasteiger partial charge in [0.15, 0.2) is 0 Å². The molecular formula is C39H48ClF4N5O9S. The number of alkyl halides is 4. The van der Waals surface area contributed by atoms with Gasteiger partial charge in [-0.2, -0.15) is 13.2 Å². The second kappa shape index (κ2) is 16.2. The number of nitrogens with zero attached hydrogens (tertiary/aromatic N) is 2. The van der Waals surface area contributed by atoms with Crippen LogP contribution in [-0.2, 0) is 29.1 Å². The maximum Gasteiger partial charge on any atom is 0.427 e. The van der Waals surface area contributed by atoms with E-state index in [0.29, 0.717) is 54.7 Å². The lowest BCUT2D eigenvalue weighted by Crippen LogP contribution is -2.60. The largest absolute Gasteiger partial charge is 0.494 e. The number of pyridine rings is 1. The summed E-state index contributed by atoms with van der Waals surface area (Å²) in [4.78, 5) is 61.8. The lowest BCUT2D eigenvalue weighted by atomic mass is 9.88. The van der Waals surface area contributed by atoms with Gasteiger partial charge < -0.3 is 29.7 Å². The van der Waals surface area contributed by atoms with E-state index in [4.69, 9.17) is 25.8 Å². The van der Waals surface area contributed by atoms with Crippen LogP contribution < -0.4 is 24.8 Å². The molecule has 2 aromatic rings. The number of hydrogen-bond acceptors (Lipinski definition) is 10. The Morgan fingerprint density at radius 2 is 1.85 bits per heavy atom. The molecule has 0 bridgehead atoms. The van der Waals surface area contributed by atoms with Gasteiger partial charge in [0.1, 0.15) is 40.9 Å². The number of alkyl carbamates (subject to hydrolysis) is 1. The minimum Gasteiger partial charge on any atom is -0.494 e. The van der Waals surface area contributed by atoms with Crippen molar-refractivity contribution in [3.63, 3.8) is 0 Å². The van der Waals surface area contributed by atoms with Gasteiger partial charge in [-0.15, -0.1) is 0 Å². The van der Waals surface area contributed by atoms with E-state index in [0.717, 1.165) is 4.90 Å². The number of hydrogen-bond donors (Lipinski definition) is 3. The van der Waals surface area contributed by atoms with Gasteiger partial charge in [-0.1, -0.05) is 43.7 Å². The van der Waals surface area contributed by atoms with Gasteiger partial charge in [-0.3, -0.25) is 19.1 Å². The van der Waals surface area contributed by atoms with Gasteiger partial charge in [-0.05, 0) is 76.3 Å². The van der Waals surface area contributed by atoms with Crippen molar-refractivity contribution in [3.8, 4) is 11.6 Å². The number of carbonyl (C=O) groups is 4. The van der Waals surface area contributed by atoms with Crippen LogP contribution in [0.4, 0.5) is 22.4 Å². The number of rotatable bonds is 9. The Kier molecular flexibility index (Phi) is 12.2. The lowest BCUT2D eigenvalue weighted by molar-refractivity contribution is -0.244. The normalized spacial score (nSPS) is 29.2. The second-order valence-electron chi connectivity index (χ2n) is 16.6. The third kappa shape index (κ3) is 8.77. The van der Waals surface area contributed by atoms with Crippen LogP contribution >= 0.6 is 11.6 Å². The highest BCUT2D eigenvalue weighted by Crippen LogP contribution is 2.48. The molecule has 1 aromatic carbocycles. The number of aromatic nitrogens is 1. The fraction of sp³-hybridized carbons (Fsp3) is 0.615. The fourth-order valence-corrected chi connectivity index (χ4v) is 9.50. The molecule has 7 atom stereocenters. The Balaban J connectivity index is 1.37. The third-order valence-corrected chi connectivity index (χ3v) is 14.3. The summed E-state index contributed by atoms with van der Waals surface area (Å²) in [7, 11) is -3.04. The second-order valence-corrected chi connectivity index (χ2v) is 19.1. The molecule has 324 valence electrons. The summed E-state index contributed by atoms with van der Waals surface area (Å²) in [5.74, 6) is -3.77. The lowest BCUT2D eigenvalue weighted by Gasteiger charge is -2.34. The van der Waals surface area contributed by atoms with Crippen LogP contribution in [0.1, 0.15) is 72.6 Å². The molecule has 6 rings (SSSR count). The molecular weight excluding hydrogens is 826 g/mol. The first-order valence-electron chi connectivity index (χ1n) is 19.3. The van der Waals surface area contributed by atoms with Gasteiger partial charge in [0.25, 0.3) is 5.91 Å². The molecule has 59 heavy (non-hydrogen) atoms. The molecule has 2 aliphatic carbocycles. The van der Waals surface area contributed by atoms with Crippen LogP contribution in [0.15, 0.2) is 36.5 Å². The number of amides is 4. The minimum absolute atomic E-state index is 0.0000694. The zero-order chi connectivity index (χ0) is 43.3. The van der Waals surface area contributed by atoms with Gasteiger partial charge in [0.2, 0.25) is 33.3 Å². The number of ether oxygens (including phenoxy) is 3. The summed E-state index contributed by atoms with van der Waals surface area (Å²) >= 11 is 6.50. The molecule has 1 aromatic heterocycles. The van der Waals surface area contributed by atoms with Gasteiger partial charge in [0, 0.05) is 23.1 Å². The predicted molar refractivity (Wildman–Crippen MR) is 207 cm³/mol. The minimum atomic E-state index is -4.94. The SMILES string of the molecule is COc1cnc(OC2CC3C(=O)N[C@]4(C(=O)NS(=O)(=O)C5(CF)CC5)C[C@H]4/C=C\CC[C@@H](C)C[C@@H](C)[C@H](NC(=O)OC(C)(C)C(F)(F)F)C(=O)N3C2)c2cccc(Cl)c12. The highest BCUT2D eigenvalue weighted by Gasteiger charge is 2.64. The molecule has 3 N–H and O–H groups in total. The summed E-state index contributed by atoms with van der Waals surface area (Å²) in [6.45, 7) is 3.40. The topological polar surface area (TPSA) is 182 Å². The standard InChI is InChI=1S/C39H48ClF4N5O9S/c1-21-9-6-7-10-23-17-38(23,34(52)48-59(54,55)37(20-41)13-14-37)47-31(50)27-16-24(57-32-25-11-8-12-26(40)29(25)28(56-5)18-45-32)19-49(27)33(51)30(22(2)15-21)46-35(53)58-36(3,4)39(42,43)44/h7-8,10-12,18,21-24,27,30H,6,9,13-17,19-20H2,1-5H3,(H,46,53)(H,47,50)(H,48,52)/b10-7-/t21-,22-,23-,24?,27?,30+,38-/m1/s1. The van der Waals surface area contributed by atoms with Crippen molar-refractivity contribution in [1.29, 1.82) is 0 Å². The maximum absolute atomic E-state index is 14.7. The Hall–Kier alpha value is -4.39. The monoisotopic (exact) mass is 873 g/mol. The van der Waals surface area contributed by atoms with Crippen LogP contribution in [0.25, 0.3) is 10.8 Å².